The zero-order chi connectivity index (χ0) is 50.1. The van der Waals surface area contributed by atoms with E-state index in [4.69, 9.17) is 4.74 Å². The zero-order valence-electron chi connectivity index (χ0n) is 40.9. The third-order valence-electron chi connectivity index (χ3n) is 11.6. The number of hydrogen-bond acceptors (Lipinski definition) is 11. The normalized spacial score (nSPS) is 25.0. The van der Waals surface area contributed by atoms with E-state index in [9.17, 15) is 43.2 Å². The number of para-hydroxylation sites is 1. The number of rotatable bonds is 8. The molecule has 7 N–H and O–H groups in total. The quantitative estimate of drug-likeness (QED) is 0.202. The number of carbonyl (C=O) groups is 9. The Morgan fingerprint density at radius 1 is 0.761 bits per heavy atom. The molecule has 4 rings (SSSR count). The maximum atomic E-state index is 14.4. The summed E-state index contributed by atoms with van der Waals surface area (Å²) in [6, 6.07) is -0.0226. The fraction of sp³-hybridized carbons (Fsp3) is 0.638. The van der Waals surface area contributed by atoms with Gasteiger partial charge < -0.3 is 46.9 Å². The fourth-order valence-electron chi connectivity index (χ4n) is 7.97. The van der Waals surface area contributed by atoms with Crippen LogP contribution in [0.4, 0.5) is 4.79 Å². The molecule has 0 unspecified atom stereocenters. The number of carbonyl (C=O) groups excluding carboxylic acids is 9. The van der Waals surface area contributed by atoms with E-state index in [0.717, 1.165) is 0 Å². The van der Waals surface area contributed by atoms with Gasteiger partial charge in [0.2, 0.25) is 47.3 Å². The summed E-state index contributed by atoms with van der Waals surface area (Å²) in [4.78, 5) is 125. The Kier molecular flexibility index (Phi) is 18.4. The minimum atomic E-state index is -1.37. The molecule has 7 atom stereocenters. The predicted octanol–water partition coefficient (Wildman–Crippen LogP) is 2.48. The maximum absolute atomic E-state index is 14.4. The monoisotopic (exact) mass is 954 g/mol. The molecule has 2 aliphatic heterocycles. The highest BCUT2D eigenvalue weighted by Crippen LogP contribution is 2.39. The first kappa shape index (κ1) is 54.0. The van der Waals surface area contributed by atoms with Gasteiger partial charge in [-0.25, -0.2) is 4.79 Å². The Labute approximate surface area is 397 Å². The molecule has 1 aromatic carbocycles. The number of nitrogens with zero attached hydrogens (tertiary/aromatic N) is 2. The molecule has 0 aliphatic carbocycles. The summed E-state index contributed by atoms with van der Waals surface area (Å²) < 4.78 is 6.95. The van der Waals surface area contributed by atoms with Gasteiger partial charge in [0.05, 0.1) is 23.5 Å². The topological polar surface area (TPSA) is 255 Å². The number of thioether (sulfide) groups is 1. The highest BCUT2D eigenvalue weighted by Gasteiger charge is 2.49. The van der Waals surface area contributed by atoms with Crippen LogP contribution in [-0.4, -0.2) is 128 Å². The second-order valence-corrected chi connectivity index (χ2v) is 21.4. The molecular formula is C47H71N9O10S. The van der Waals surface area contributed by atoms with Crippen LogP contribution in [0.3, 0.4) is 0 Å². The van der Waals surface area contributed by atoms with Crippen molar-refractivity contribution in [3.05, 3.63) is 36.0 Å². The standard InChI is InChI=1S/C47H71N9O10S/c1-13-27(6)38-43(63)53-31(18-25(2)3)39(59)49-21-36(57)48-22-37(58)51-33(20-29-23-55(45(65)66-46(8,9)10)34-17-15-14-16-30(29)34)41(61)52-32(19-26(4)5)40(60)50-28(7)44(64)56-35(42(62)54-38)24-67-47(56,11)12/h14-17,23,25-28,31-33,35,38H,13,18-22,24H2,1-12H3,(H,48,57)(H,49,59)(H,50,60)(H,51,58)(H,52,61)(H,53,63)(H,54,62)/t27-,28-,31-,32-,33-,35-,38-/m0/s1. The number of nitrogens with one attached hydrogen (secondary N) is 7. The molecule has 3 heterocycles. The van der Waals surface area contributed by atoms with E-state index < -0.39 is 119 Å². The van der Waals surface area contributed by atoms with Crippen molar-refractivity contribution < 1.29 is 47.9 Å². The van der Waals surface area contributed by atoms with Gasteiger partial charge in [0.1, 0.15) is 41.9 Å². The van der Waals surface area contributed by atoms with E-state index >= 15 is 0 Å². The minimum Gasteiger partial charge on any atom is -0.443 e. The molecule has 2 aromatic rings. The van der Waals surface area contributed by atoms with Gasteiger partial charge in [-0.3, -0.25) is 42.9 Å². The van der Waals surface area contributed by atoms with Gasteiger partial charge in [0, 0.05) is 23.8 Å². The molecule has 0 spiro atoms. The van der Waals surface area contributed by atoms with Gasteiger partial charge in [-0.05, 0) is 83.8 Å². The van der Waals surface area contributed by atoms with Crippen molar-refractivity contribution in [2.45, 2.75) is 155 Å². The molecule has 67 heavy (non-hydrogen) atoms. The maximum Gasteiger partial charge on any atom is 0.419 e. The highest BCUT2D eigenvalue weighted by molar-refractivity contribution is 8.00. The van der Waals surface area contributed by atoms with Crippen LogP contribution in [0.1, 0.15) is 108 Å². The Morgan fingerprint density at radius 2 is 1.34 bits per heavy atom. The van der Waals surface area contributed by atoms with Crippen molar-refractivity contribution in [1.82, 2.24) is 46.7 Å². The molecule has 2 aliphatic rings. The first-order valence-electron chi connectivity index (χ1n) is 23.1. The van der Waals surface area contributed by atoms with Crippen molar-refractivity contribution in [3.63, 3.8) is 0 Å². The largest absolute Gasteiger partial charge is 0.443 e. The SMILES string of the molecule is CC[C@H](C)[C@@H]1NC(=O)[C@@H]2CSC(C)(C)N2C(=O)[C@H](C)NC(=O)[C@H](CC(C)C)NC(=O)[C@H](Cc2cn(C(=O)OC(C)(C)C)c3ccccc23)NC(=O)CNC(=O)CNC(=O)[C@H](CC(C)C)NC1=O. The van der Waals surface area contributed by atoms with E-state index in [1.807, 2.05) is 34.6 Å². The number of hydrogen-bond donors (Lipinski definition) is 7. The lowest BCUT2D eigenvalue weighted by atomic mass is 9.96. The summed E-state index contributed by atoms with van der Waals surface area (Å²) in [6.45, 7) is 20.1. The van der Waals surface area contributed by atoms with Gasteiger partial charge in [-0.15, -0.1) is 11.8 Å². The minimum absolute atomic E-state index is 0.0727. The summed E-state index contributed by atoms with van der Waals surface area (Å²) in [6.07, 6.45) is 1.49. The van der Waals surface area contributed by atoms with Crippen LogP contribution >= 0.6 is 11.8 Å². The predicted molar refractivity (Wildman–Crippen MR) is 254 cm³/mol. The lowest BCUT2D eigenvalue weighted by Crippen LogP contribution is -2.62. The third-order valence-corrected chi connectivity index (χ3v) is 12.9. The second kappa shape index (κ2) is 22.9. The van der Waals surface area contributed by atoms with E-state index in [1.165, 1.54) is 34.3 Å². The molecule has 0 radical (unpaired) electrons. The van der Waals surface area contributed by atoms with Crippen molar-refractivity contribution in [2.75, 3.05) is 18.8 Å². The van der Waals surface area contributed by atoms with E-state index in [-0.39, 0.29) is 36.9 Å². The second-order valence-electron chi connectivity index (χ2n) is 19.8. The first-order chi connectivity index (χ1) is 31.2. The average Bonchev–Trinajstić information content (AvgIpc) is 3.77. The molecule has 20 heteroatoms. The van der Waals surface area contributed by atoms with Crippen LogP contribution < -0.4 is 37.2 Å². The van der Waals surface area contributed by atoms with Crippen molar-refractivity contribution in [2.24, 2.45) is 17.8 Å². The molecule has 8 amide bonds. The number of amides is 8. The van der Waals surface area contributed by atoms with Crippen molar-refractivity contribution >= 4 is 76.0 Å². The molecule has 2 fully saturated rings. The number of ether oxygens (including phenoxy) is 1. The lowest BCUT2D eigenvalue weighted by Gasteiger charge is -2.37. The molecular weight excluding hydrogens is 883 g/mol. The first-order valence-corrected chi connectivity index (χ1v) is 24.1. The summed E-state index contributed by atoms with van der Waals surface area (Å²) in [7, 11) is 0. The molecule has 2 saturated heterocycles. The Balaban J connectivity index is 1.75. The van der Waals surface area contributed by atoms with Gasteiger partial charge in [-0.2, -0.15) is 0 Å². The van der Waals surface area contributed by atoms with Crippen LogP contribution in [0.25, 0.3) is 10.9 Å². The fourth-order valence-corrected chi connectivity index (χ4v) is 9.19. The van der Waals surface area contributed by atoms with Gasteiger partial charge in [-0.1, -0.05) is 66.2 Å². The van der Waals surface area contributed by atoms with Gasteiger partial charge in [0.25, 0.3) is 0 Å². The number of benzene rings is 1. The van der Waals surface area contributed by atoms with Crippen LogP contribution in [-0.2, 0) is 49.5 Å². The van der Waals surface area contributed by atoms with Gasteiger partial charge in [0.15, 0.2) is 0 Å². The summed E-state index contributed by atoms with van der Waals surface area (Å²) in [5.74, 6) is -5.82. The zero-order valence-corrected chi connectivity index (χ0v) is 41.7. The van der Waals surface area contributed by atoms with E-state index in [2.05, 4.69) is 37.2 Å². The van der Waals surface area contributed by atoms with Crippen LogP contribution in [0.15, 0.2) is 30.5 Å². The summed E-state index contributed by atoms with van der Waals surface area (Å²) >= 11 is 1.36. The molecule has 0 bridgehead atoms. The molecule has 370 valence electrons. The highest BCUT2D eigenvalue weighted by atomic mass is 32.2. The molecule has 1 aromatic heterocycles. The molecule has 0 saturated carbocycles. The van der Waals surface area contributed by atoms with Crippen LogP contribution in [0.2, 0.25) is 0 Å². The third kappa shape index (κ3) is 14.7. The Morgan fingerprint density at radius 3 is 1.96 bits per heavy atom. The van der Waals surface area contributed by atoms with Crippen LogP contribution in [0.5, 0.6) is 0 Å². The molecule has 19 nitrogen and oxygen atoms in total. The van der Waals surface area contributed by atoms with Crippen molar-refractivity contribution in [1.29, 1.82) is 0 Å². The average molecular weight is 954 g/mol. The van der Waals surface area contributed by atoms with E-state index in [0.29, 0.717) is 22.9 Å². The Hall–Kier alpha value is -5.66. The Bertz CT molecular complexity index is 2180. The van der Waals surface area contributed by atoms with Gasteiger partial charge >= 0.3 is 6.09 Å². The summed E-state index contributed by atoms with van der Waals surface area (Å²) in [5, 5.41) is 19.4. The van der Waals surface area contributed by atoms with Crippen molar-refractivity contribution in [3.8, 4) is 0 Å². The van der Waals surface area contributed by atoms with E-state index in [1.54, 1.807) is 65.8 Å². The van der Waals surface area contributed by atoms with Crippen LogP contribution in [0, 0.1) is 17.8 Å². The smallest absolute Gasteiger partial charge is 0.419 e. The lowest BCUT2D eigenvalue weighted by molar-refractivity contribution is -0.145. The number of fused-ring (bicyclic) bond motifs is 2. The number of aromatic nitrogens is 1. The summed E-state index contributed by atoms with van der Waals surface area (Å²) in [5.41, 5.74) is 0.143.